The van der Waals surface area contributed by atoms with Gasteiger partial charge in [0.05, 0.1) is 17.5 Å². The van der Waals surface area contributed by atoms with Crippen molar-refractivity contribution in [2.75, 3.05) is 11.9 Å². The molecule has 0 bridgehead atoms. The summed E-state index contributed by atoms with van der Waals surface area (Å²) in [5.74, 6) is 0.175. The number of benzene rings is 3. The Kier molecular flexibility index (Phi) is 6.39. The molecule has 3 aromatic carbocycles. The van der Waals surface area contributed by atoms with E-state index < -0.39 is 5.91 Å². The van der Waals surface area contributed by atoms with Gasteiger partial charge in [-0.15, -0.1) is 0 Å². The first-order chi connectivity index (χ1) is 17.2. The summed E-state index contributed by atoms with van der Waals surface area (Å²) >= 11 is 0. The normalized spacial score (nSPS) is 10.9. The molecule has 4 N–H and O–H groups in total. The third kappa shape index (κ3) is 4.84. The molecule has 2 heterocycles. The average Bonchev–Trinajstić information content (AvgIpc) is 3.58. The predicted molar refractivity (Wildman–Crippen MR) is 138 cm³/mol. The number of para-hydroxylation sites is 2. The van der Waals surface area contributed by atoms with Crippen molar-refractivity contribution in [3.05, 3.63) is 109 Å². The Morgan fingerprint density at radius 1 is 0.971 bits per heavy atom. The zero-order valence-corrected chi connectivity index (χ0v) is 19.2. The van der Waals surface area contributed by atoms with E-state index in [1.54, 1.807) is 18.5 Å². The van der Waals surface area contributed by atoms with Crippen LogP contribution in [0.3, 0.4) is 0 Å². The number of amides is 1. The number of carbonyl (C=O) groups excluding carboxylic acids is 1. The van der Waals surface area contributed by atoms with Gasteiger partial charge in [0.2, 0.25) is 5.91 Å². The molecule has 0 radical (unpaired) electrons. The Hall–Kier alpha value is -4.65. The molecule has 0 spiro atoms. The molecule has 7 heteroatoms. The minimum atomic E-state index is -0.499. The number of primary amides is 1. The van der Waals surface area contributed by atoms with Crippen LogP contribution in [0.5, 0.6) is 0 Å². The quantitative estimate of drug-likeness (QED) is 0.266. The number of nitrogens with one attached hydrogen (secondary N) is 2. The topological polar surface area (TPSA) is 102 Å². The number of hydrogen-bond acceptors (Lipinski definition) is 4. The second kappa shape index (κ2) is 10.1. The average molecular weight is 463 g/mol. The van der Waals surface area contributed by atoms with Gasteiger partial charge in [-0.2, -0.15) is 5.10 Å². The van der Waals surface area contributed by atoms with Crippen molar-refractivity contribution in [3.8, 4) is 28.2 Å². The zero-order valence-electron chi connectivity index (χ0n) is 19.2. The molecule has 0 aliphatic carbocycles. The van der Waals surface area contributed by atoms with Crippen molar-refractivity contribution in [2.24, 2.45) is 5.73 Å². The van der Waals surface area contributed by atoms with Gasteiger partial charge in [0.15, 0.2) is 0 Å². The number of nitrogens with two attached hydrogens (primary N) is 1. The number of anilines is 1. The van der Waals surface area contributed by atoms with Crippen LogP contribution >= 0.6 is 0 Å². The largest absolute Gasteiger partial charge is 0.385 e. The molecule has 0 aliphatic rings. The van der Waals surface area contributed by atoms with Crippen LogP contribution in [-0.2, 0) is 6.42 Å². The van der Waals surface area contributed by atoms with E-state index in [1.807, 2.05) is 71.4 Å². The molecule has 1 amide bonds. The molecule has 0 aliphatic heterocycles. The van der Waals surface area contributed by atoms with E-state index >= 15 is 0 Å². The second-order valence-corrected chi connectivity index (χ2v) is 8.24. The molecule has 0 unspecified atom stereocenters. The van der Waals surface area contributed by atoms with Crippen molar-refractivity contribution in [2.45, 2.75) is 12.8 Å². The van der Waals surface area contributed by atoms with E-state index in [1.165, 1.54) is 0 Å². The first kappa shape index (κ1) is 22.2. The Morgan fingerprint density at radius 2 is 1.74 bits per heavy atom. The van der Waals surface area contributed by atoms with Gasteiger partial charge in [-0.05, 0) is 48.7 Å². The Balaban J connectivity index is 1.53. The van der Waals surface area contributed by atoms with Crippen LogP contribution in [0.25, 0.3) is 28.2 Å². The van der Waals surface area contributed by atoms with Crippen molar-refractivity contribution >= 4 is 11.6 Å². The van der Waals surface area contributed by atoms with Gasteiger partial charge in [0.1, 0.15) is 5.82 Å². The molecule has 174 valence electrons. The van der Waals surface area contributed by atoms with Crippen molar-refractivity contribution in [1.29, 1.82) is 0 Å². The highest BCUT2D eigenvalue weighted by Crippen LogP contribution is 2.35. The molecule has 0 fully saturated rings. The summed E-state index contributed by atoms with van der Waals surface area (Å²) in [4.78, 5) is 17.5. The van der Waals surface area contributed by atoms with Crippen LogP contribution in [0.15, 0.2) is 97.5 Å². The number of aryl methyl sites for hydroxylation is 1. The van der Waals surface area contributed by atoms with Gasteiger partial charge in [0, 0.05) is 41.4 Å². The molecule has 0 saturated heterocycles. The van der Waals surface area contributed by atoms with E-state index in [4.69, 9.17) is 10.7 Å². The summed E-state index contributed by atoms with van der Waals surface area (Å²) in [7, 11) is 0. The summed E-state index contributed by atoms with van der Waals surface area (Å²) in [6.45, 7) is 0.829. The summed E-state index contributed by atoms with van der Waals surface area (Å²) in [6.07, 6.45) is 7.27. The van der Waals surface area contributed by atoms with Gasteiger partial charge in [-0.1, -0.05) is 48.5 Å². The monoisotopic (exact) mass is 462 g/mol. The van der Waals surface area contributed by atoms with Gasteiger partial charge >= 0.3 is 0 Å². The Morgan fingerprint density at radius 3 is 2.46 bits per heavy atom. The van der Waals surface area contributed by atoms with Crippen LogP contribution in [0.2, 0.25) is 0 Å². The number of aromatic nitrogens is 4. The van der Waals surface area contributed by atoms with Gasteiger partial charge < -0.3 is 11.1 Å². The third-order valence-electron chi connectivity index (χ3n) is 5.87. The van der Waals surface area contributed by atoms with Crippen LogP contribution in [0.1, 0.15) is 22.5 Å². The number of rotatable bonds is 9. The van der Waals surface area contributed by atoms with Crippen LogP contribution < -0.4 is 11.1 Å². The third-order valence-corrected chi connectivity index (χ3v) is 5.87. The van der Waals surface area contributed by atoms with E-state index in [9.17, 15) is 4.79 Å². The minimum Gasteiger partial charge on any atom is -0.385 e. The molecule has 0 saturated carbocycles. The minimum absolute atomic E-state index is 0.420. The van der Waals surface area contributed by atoms with E-state index in [2.05, 4.69) is 27.6 Å². The molecule has 5 aromatic rings. The summed E-state index contributed by atoms with van der Waals surface area (Å²) in [5.41, 5.74) is 11.6. The smallest absolute Gasteiger partial charge is 0.249 e. The standard InChI is InChI=1S/C28H26N6O/c29-27(35)25-15-7-14-24(20-17-31-32-18-20)26(25)28-33-22(19-34(28)23-12-5-2-6-13-23)11-8-16-30-21-9-3-1-4-10-21/h1-7,9-10,12-15,17-19,30H,8,11,16H2,(H2,29,35)(H,31,32). The number of nitrogens with zero attached hydrogens (tertiary/aromatic N) is 3. The number of H-pyrrole nitrogens is 1. The van der Waals surface area contributed by atoms with E-state index in [0.29, 0.717) is 17.0 Å². The fraction of sp³-hybridized carbons (Fsp3) is 0.107. The number of imidazole rings is 1. The number of carbonyl (C=O) groups is 1. The summed E-state index contributed by atoms with van der Waals surface area (Å²) in [5, 5.41) is 10.4. The lowest BCUT2D eigenvalue weighted by molar-refractivity contribution is 0.100. The summed E-state index contributed by atoms with van der Waals surface area (Å²) in [6, 6.07) is 25.7. The lowest BCUT2D eigenvalue weighted by Gasteiger charge is -2.14. The molecule has 0 atom stereocenters. The lowest BCUT2D eigenvalue weighted by atomic mass is 9.96. The van der Waals surface area contributed by atoms with Gasteiger partial charge in [-0.25, -0.2) is 4.98 Å². The number of aromatic amines is 1. The van der Waals surface area contributed by atoms with Gasteiger partial charge in [0.25, 0.3) is 0 Å². The Labute approximate surface area is 203 Å². The fourth-order valence-corrected chi connectivity index (χ4v) is 4.21. The first-order valence-corrected chi connectivity index (χ1v) is 11.6. The second-order valence-electron chi connectivity index (χ2n) is 8.24. The molecule has 2 aromatic heterocycles. The SMILES string of the molecule is NC(=O)c1cccc(-c2cn[nH]c2)c1-c1nc(CCCNc2ccccc2)cn1-c1ccccc1. The lowest BCUT2D eigenvalue weighted by Crippen LogP contribution is -2.14. The van der Waals surface area contributed by atoms with Crippen LogP contribution in [0, 0.1) is 0 Å². The predicted octanol–water partition coefficient (Wildman–Crippen LogP) is 5.07. The highest BCUT2D eigenvalue weighted by Gasteiger charge is 2.22. The highest BCUT2D eigenvalue weighted by atomic mass is 16.1. The molecule has 7 nitrogen and oxygen atoms in total. The maximum absolute atomic E-state index is 12.5. The van der Waals surface area contributed by atoms with Crippen LogP contribution in [0.4, 0.5) is 5.69 Å². The maximum atomic E-state index is 12.5. The van der Waals surface area contributed by atoms with Crippen molar-refractivity contribution in [3.63, 3.8) is 0 Å². The molecule has 35 heavy (non-hydrogen) atoms. The summed E-state index contributed by atoms with van der Waals surface area (Å²) < 4.78 is 2.03. The number of hydrogen-bond donors (Lipinski definition) is 3. The maximum Gasteiger partial charge on any atom is 0.249 e. The van der Waals surface area contributed by atoms with Crippen LogP contribution in [-0.4, -0.2) is 32.2 Å². The van der Waals surface area contributed by atoms with E-state index in [0.717, 1.165) is 47.6 Å². The molecule has 5 rings (SSSR count). The van der Waals surface area contributed by atoms with Crippen molar-refractivity contribution in [1.82, 2.24) is 19.7 Å². The van der Waals surface area contributed by atoms with E-state index in [-0.39, 0.29) is 0 Å². The molecular formula is C28H26N6O. The Bertz CT molecular complexity index is 1410. The zero-order chi connectivity index (χ0) is 24.0. The van der Waals surface area contributed by atoms with Crippen molar-refractivity contribution < 1.29 is 4.79 Å². The highest BCUT2D eigenvalue weighted by molar-refractivity contribution is 6.03. The first-order valence-electron chi connectivity index (χ1n) is 11.6. The fourth-order valence-electron chi connectivity index (χ4n) is 4.21. The van der Waals surface area contributed by atoms with Gasteiger partial charge in [-0.3, -0.25) is 14.5 Å². The molecular weight excluding hydrogens is 436 g/mol.